The molecule has 0 fully saturated rings. The summed E-state index contributed by atoms with van der Waals surface area (Å²) < 4.78 is 2.21. The summed E-state index contributed by atoms with van der Waals surface area (Å²) in [6.45, 7) is 6.65. The van der Waals surface area contributed by atoms with Crippen molar-refractivity contribution < 1.29 is 0 Å². The van der Waals surface area contributed by atoms with E-state index < -0.39 is 0 Å². The van der Waals surface area contributed by atoms with Crippen LogP contribution in [0.3, 0.4) is 0 Å². The van der Waals surface area contributed by atoms with E-state index in [0.717, 1.165) is 43.6 Å². The number of nitrogens with zero attached hydrogens (tertiary/aromatic N) is 3. The fraction of sp³-hybridized carbons (Fsp3) is 0.400. The number of halogens is 1. The van der Waals surface area contributed by atoms with E-state index in [4.69, 9.17) is 11.6 Å². The van der Waals surface area contributed by atoms with Crippen molar-refractivity contribution in [3.8, 4) is 0 Å². The fourth-order valence-electron chi connectivity index (χ4n) is 2.65. The lowest BCUT2D eigenvalue weighted by Crippen LogP contribution is -2.34. The monoisotopic (exact) mass is 290 g/mol. The van der Waals surface area contributed by atoms with Crippen LogP contribution < -0.4 is 10.2 Å². The van der Waals surface area contributed by atoms with E-state index in [-0.39, 0.29) is 0 Å². The summed E-state index contributed by atoms with van der Waals surface area (Å²) in [6, 6.07) is 6.13. The van der Waals surface area contributed by atoms with Gasteiger partial charge in [0.15, 0.2) is 0 Å². The van der Waals surface area contributed by atoms with Crippen LogP contribution in [0.1, 0.15) is 18.3 Å². The van der Waals surface area contributed by atoms with Crippen LogP contribution in [-0.2, 0) is 19.6 Å². The number of nitrogens with one attached hydrogen (secondary N) is 1. The molecule has 1 aliphatic rings. The van der Waals surface area contributed by atoms with E-state index >= 15 is 0 Å². The first-order valence-electron chi connectivity index (χ1n) is 7.02. The first-order chi connectivity index (χ1) is 9.79. The molecule has 106 valence electrons. The molecular weight excluding hydrogens is 272 g/mol. The second-order valence-corrected chi connectivity index (χ2v) is 5.38. The first-order valence-corrected chi connectivity index (χ1v) is 7.40. The number of fused-ring (bicyclic) bond motifs is 1. The van der Waals surface area contributed by atoms with E-state index in [9.17, 15) is 0 Å². The zero-order valence-electron chi connectivity index (χ0n) is 11.6. The molecule has 0 amide bonds. The van der Waals surface area contributed by atoms with Crippen LogP contribution >= 0.6 is 11.6 Å². The summed E-state index contributed by atoms with van der Waals surface area (Å²) in [5, 5.41) is 4.20. The van der Waals surface area contributed by atoms with Gasteiger partial charge in [-0.2, -0.15) is 0 Å². The number of benzene rings is 1. The number of aromatic nitrogens is 2. The molecule has 0 saturated heterocycles. The van der Waals surface area contributed by atoms with Crippen molar-refractivity contribution in [3.63, 3.8) is 0 Å². The molecular formula is C15H19ClN4. The van der Waals surface area contributed by atoms with Gasteiger partial charge in [0.25, 0.3) is 0 Å². The third-order valence-electron chi connectivity index (χ3n) is 3.73. The van der Waals surface area contributed by atoms with E-state index in [1.165, 1.54) is 11.3 Å². The van der Waals surface area contributed by atoms with E-state index in [0.29, 0.717) is 0 Å². The van der Waals surface area contributed by atoms with E-state index in [2.05, 4.69) is 32.8 Å². The van der Waals surface area contributed by atoms with Gasteiger partial charge in [0.1, 0.15) is 5.82 Å². The molecule has 0 aliphatic carbocycles. The lowest BCUT2D eigenvalue weighted by atomic mass is 10.1. The van der Waals surface area contributed by atoms with E-state index in [1.54, 1.807) is 0 Å². The minimum Gasteiger partial charge on any atom is -0.362 e. The van der Waals surface area contributed by atoms with Gasteiger partial charge in [0.05, 0.1) is 6.54 Å². The minimum absolute atomic E-state index is 0.802. The largest absolute Gasteiger partial charge is 0.362 e. The normalized spacial score (nSPS) is 14.4. The smallest absolute Gasteiger partial charge is 0.128 e. The number of hydrogen-bond donors (Lipinski definition) is 1. The summed E-state index contributed by atoms with van der Waals surface area (Å²) in [5.41, 5.74) is 2.39. The van der Waals surface area contributed by atoms with E-state index in [1.807, 2.05) is 24.5 Å². The lowest BCUT2D eigenvalue weighted by molar-refractivity contribution is 0.557. The van der Waals surface area contributed by atoms with Crippen LogP contribution in [0, 0.1) is 0 Å². The Labute approximate surface area is 124 Å². The summed E-state index contributed by atoms with van der Waals surface area (Å²) in [7, 11) is 0. The molecule has 0 spiro atoms. The summed E-state index contributed by atoms with van der Waals surface area (Å²) >= 11 is 6.38. The standard InChI is InChI=1S/C15H19ClN4/c1-2-17-10-12-13(16)4-3-5-14(12)20-9-8-19-7-6-18-15(19)11-20/h3-7,17H,2,8-11H2,1H3. The van der Waals surface area contributed by atoms with Crippen LogP contribution in [0.2, 0.25) is 5.02 Å². The first kappa shape index (κ1) is 13.5. The predicted octanol–water partition coefficient (Wildman–Crippen LogP) is 2.67. The average Bonchev–Trinajstić information content (AvgIpc) is 2.93. The van der Waals surface area contributed by atoms with Gasteiger partial charge in [-0.25, -0.2) is 4.98 Å². The summed E-state index contributed by atoms with van der Waals surface area (Å²) in [5.74, 6) is 1.12. The highest BCUT2D eigenvalue weighted by Crippen LogP contribution is 2.29. The van der Waals surface area contributed by atoms with Crippen molar-refractivity contribution in [2.45, 2.75) is 26.6 Å². The molecule has 0 unspecified atom stereocenters. The summed E-state index contributed by atoms with van der Waals surface area (Å²) in [4.78, 5) is 6.78. The van der Waals surface area contributed by atoms with Crippen LogP contribution in [0.4, 0.5) is 5.69 Å². The van der Waals surface area contributed by atoms with Gasteiger partial charge in [0.2, 0.25) is 0 Å². The van der Waals surface area contributed by atoms with Crippen molar-refractivity contribution >= 4 is 17.3 Å². The van der Waals surface area contributed by atoms with Crippen LogP contribution in [-0.4, -0.2) is 22.6 Å². The highest BCUT2D eigenvalue weighted by molar-refractivity contribution is 6.31. The Morgan fingerprint density at radius 3 is 3.10 bits per heavy atom. The van der Waals surface area contributed by atoms with Crippen molar-refractivity contribution in [2.75, 3.05) is 18.0 Å². The molecule has 0 radical (unpaired) electrons. The predicted molar refractivity (Wildman–Crippen MR) is 82.1 cm³/mol. The molecule has 2 heterocycles. The molecule has 1 aromatic heterocycles. The molecule has 3 rings (SSSR count). The third-order valence-corrected chi connectivity index (χ3v) is 4.09. The Morgan fingerprint density at radius 1 is 1.35 bits per heavy atom. The van der Waals surface area contributed by atoms with Crippen LogP contribution in [0.15, 0.2) is 30.6 Å². The Bertz CT molecular complexity index is 593. The molecule has 1 aromatic carbocycles. The number of imidazole rings is 1. The Balaban J connectivity index is 1.89. The topological polar surface area (TPSA) is 33.1 Å². The molecule has 0 bridgehead atoms. The number of rotatable bonds is 4. The van der Waals surface area contributed by atoms with Crippen LogP contribution in [0.25, 0.3) is 0 Å². The van der Waals surface area contributed by atoms with Gasteiger partial charge in [-0.3, -0.25) is 0 Å². The lowest BCUT2D eigenvalue weighted by Gasteiger charge is -2.31. The highest BCUT2D eigenvalue weighted by Gasteiger charge is 2.19. The zero-order valence-corrected chi connectivity index (χ0v) is 12.4. The van der Waals surface area contributed by atoms with Crippen molar-refractivity contribution in [1.29, 1.82) is 0 Å². The molecule has 2 aromatic rings. The molecule has 5 heteroatoms. The Morgan fingerprint density at radius 2 is 2.25 bits per heavy atom. The maximum Gasteiger partial charge on any atom is 0.128 e. The second kappa shape index (κ2) is 5.85. The number of anilines is 1. The van der Waals surface area contributed by atoms with Crippen LogP contribution in [0.5, 0.6) is 0 Å². The molecule has 0 saturated carbocycles. The SMILES string of the molecule is CCNCc1c(Cl)cccc1N1CCn2ccnc2C1. The van der Waals surface area contributed by atoms with Crippen molar-refractivity contribution in [2.24, 2.45) is 0 Å². The van der Waals surface area contributed by atoms with Crippen molar-refractivity contribution in [3.05, 3.63) is 47.0 Å². The quantitative estimate of drug-likeness (QED) is 0.940. The van der Waals surface area contributed by atoms with Gasteiger partial charge in [-0.15, -0.1) is 0 Å². The average molecular weight is 291 g/mol. The molecule has 1 aliphatic heterocycles. The molecule has 20 heavy (non-hydrogen) atoms. The molecule has 0 atom stereocenters. The second-order valence-electron chi connectivity index (χ2n) is 4.98. The highest BCUT2D eigenvalue weighted by atomic mass is 35.5. The maximum absolute atomic E-state index is 6.38. The van der Waals surface area contributed by atoms with Gasteiger partial charge >= 0.3 is 0 Å². The zero-order chi connectivity index (χ0) is 13.9. The molecule has 4 nitrogen and oxygen atoms in total. The maximum atomic E-state index is 6.38. The minimum atomic E-state index is 0.802. The third kappa shape index (κ3) is 2.53. The summed E-state index contributed by atoms with van der Waals surface area (Å²) in [6.07, 6.45) is 3.92. The van der Waals surface area contributed by atoms with Gasteiger partial charge in [-0.05, 0) is 18.7 Å². The van der Waals surface area contributed by atoms with Crippen molar-refractivity contribution in [1.82, 2.24) is 14.9 Å². The Hall–Kier alpha value is -1.52. The van der Waals surface area contributed by atoms with Gasteiger partial charge in [-0.1, -0.05) is 24.6 Å². The van der Waals surface area contributed by atoms with Gasteiger partial charge in [0, 0.05) is 48.3 Å². The fourth-order valence-corrected chi connectivity index (χ4v) is 2.88. The van der Waals surface area contributed by atoms with Gasteiger partial charge < -0.3 is 14.8 Å². The molecule has 1 N–H and O–H groups in total. The Kier molecular flexibility index (Phi) is 3.94. The number of hydrogen-bond acceptors (Lipinski definition) is 3.